The van der Waals surface area contributed by atoms with Crippen LogP contribution in [0.4, 0.5) is 8.78 Å². The van der Waals surface area contributed by atoms with Gasteiger partial charge in [0.2, 0.25) is 0 Å². The topological polar surface area (TPSA) is 47.3 Å². The highest BCUT2D eigenvalue weighted by atomic mass is 19.3. The summed E-state index contributed by atoms with van der Waals surface area (Å²) in [5.41, 5.74) is 4.84. The minimum Gasteiger partial charge on any atom is -0.383 e. The normalized spacial score (nSPS) is 16.5. The molecular formula is C7H16F2N2O. The Morgan fingerprint density at radius 3 is 2.50 bits per heavy atom. The van der Waals surface area contributed by atoms with Crippen LogP contribution < -0.4 is 11.1 Å². The van der Waals surface area contributed by atoms with Crippen LogP contribution >= 0.6 is 0 Å². The molecule has 0 saturated heterocycles. The number of methoxy groups -OCH3 is 1. The molecule has 0 aromatic carbocycles. The first kappa shape index (κ1) is 11.7. The molecule has 1 atom stereocenters. The molecule has 0 saturated carbocycles. The van der Waals surface area contributed by atoms with Crippen LogP contribution in [0, 0.1) is 0 Å². The second-order valence-electron chi connectivity index (χ2n) is 2.97. The number of hydrogen-bond acceptors (Lipinski definition) is 3. The molecule has 12 heavy (non-hydrogen) atoms. The number of rotatable bonds is 6. The first-order chi connectivity index (χ1) is 5.54. The van der Waals surface area contributed by atoms with Gasteiger partial charge in [0.25, 0.3) is 6.43 Å². The van der Waals surface area contributed by atoms with Crippen molar-refractivity contribution >= 4 is 0 Å². The molecule has 3 nitrogen and oxygen atoms in total. The van der Waals surface area contributed by atoms with Gasteiger partial charge in [0.1, 0.15) is 0 Å². The van der Waals surface area contributed by atoms with Crippen LogP contribution in [0.25, 0.3) is 0 Å². The molecule has 0 heterocycles. The van der Waals surface area contributed by atoms with E-state index in [4.69, 9.17) is 10.5 Å². The predicted molar refractivity (Wildman–Crippen MR) is 43.3 cm³/mol. The van der Waals surface area contributed by atoms with Gasteiger partial charge in [-0.25, -0.2) is 8.78 Å². The average molecular weight is 182 g/mol. The van der Waals surface area contributed by atoms with Crippen molar-refractivity contribution in [2.75, 3.05) is 26.8 Å². The van der Waals surface area contributed by atoms with E-state index in [2.05, 4.69) is 5.32 Å². The zero-order valence-corrected chi connectivity index (χ0v) is 7.44. The Labute approximate surface area is 71.3 Å². The standard InChI is InChI=1S/C7H16F2N2O/c1-7(4-10,5-12-2)11-3-6(8)9/h6,11H,3-5,10H2,1-2H3. The maximum absolute atomic E-state index is 11.8. The van der Waals surface area contributed by atoms with Gasteiger partial charge >= 0.3 is 0 Å². The van der Waals surface area contributed by atoms with Crippen LogP contribution in [0.2, 0.25) is 0 Å². The molecule has 0 aromatic heterocycles. The lowest BCUT2D eigenvalue weighted by molar-refractivity contribution is 0.0923. The predicted octanol–water partition coefficient (Wildman–Crippen LogP) is 0.205. The van der Waals surface area contributed by atoms with Crippen LogP contribution in [0.5, 0.6) is 0 Å². The van der Waals surface area contributed by atoms with Crippen molar-refractivity contribution in [2.45, 2.75) is 18.9 Å². The molecule has 0 aliphatic rings. The van der Waals surface area contributed by atoms with Gasteiger partial charge in [-0.15, -0.1) is 0 Å². The molecule has 5 heteroatoms. The third kappa shape index (κ3) is 4.58. The van der Waals surface area contributed by atoms with Crippen molar-refractivity contribution in [3.8, 4) is 0 Å². The summed E-state index contributed by atoms with van der Waals surface area (Å²) in [5.74, 6) is 0. The van der Waals surface area contributed by atoms with Gasteiger partial charge < -0.3 is 15.8 Å². The van der Waals surface area contributed by atoms with Gasteiger partial charge in [0.15, 0.2) is 0 Å². The summed E-state index contributed by atoms with van der Waals surface area (Å²) in [5, 5.41) is 2.65. The van der Waals surface area contributed by atoms with E-state index in [-0.39, 0.29) is 13.1 Å². The molecule has 0 fully saturated rings. The lowest BCUT2D eigenvalue weighted by Crippen LogP contribution is -2.53. The summed E-state index contributed by atoms with van der Waals surface area (Å²) in [6, 6.07) is 0. The second kappa shape index (κ2) is 5.40. The Bertz CT molecular complexity index is 124. The van der Waals surface area contributed by atoms with Crippen LogP contribution in [0.1, 0.15) is 6.92 Å². The fourth-order valence-electron chi connectivity index (χ4n) is 0.824. The minimum atomic E-state index is -2.35. The molecule has 3 N–H and O–H groups in total. The number of hydrogen-bond donors (Lipinski definition) is 2. The Kier molecular flexibility index (Phi) is 5.28. The van der Waals surface area contributed by atoms with Crippen LogP contribution in [0.3, 0.4) is 0 Å². The van der Waals surface area contributed by atoms with E-state index in [1.807, 2.05) is 0 Å². The fraction of sp³-hybridized carbons (Fsp3) is 1.00. The number of alkyl halides is 2. The number of nitrogens with one attached hydrogen (secondary N) is 1. The fourth-order valence-corrected chi connectivity index (χ4v) is 0.824. The Hall–Kier alpha value is -0.260. The van der Waals surface area contributed by atoms with Crippen LogP contribution in [-0.4, -0.2) is 38.8 Å². The molecule has 0 aromatic rings. The highest BCUT2D eigenvalue weighted by molar-refractivity contribution is 4.83. The Morgan fingerprint density at radius 2 is 2.17 bits per heavy atom. The molecule has 0 amide bonds. The number of halogens is 2. The van der Waals surface area contributed by atoms with E-state index in [0.29, 0.717) is 6.61 Å². The molecule has 1 unspecified atom stereocenters. The van der Waals surface area contributed by atoms with Crippen molar-refractivity contribution in [2.24, 2.45) is 5.73 Å². The SMILES string of the molecule is COCC(C)(CN)NCC(F)F. The maximum atomic E-state index is 11.8. The Balaban J connectivity index is 3.78. The molecule has 0 radical (unpaired) electrons. The highest BCUT2D eigenvalue weighted by Gasteiger charge is 2.22. The second-order valence-corrected chi connectivity index (χ2v) is 2.97. The molecule has 74 valence electrons. The van der Waals surface area contributed by atoms with E-state index in [1.54, 1.807) is 6.92 Å². The smallest absolute Gasteiger partial charge is 0.250 e. The molecular weight excluding hydrogens is 166 g/mol. The lowest BCUT2D eigenvalue weighted by atomic mass is 10.0. The van der Waals surface area contributed by atoms with Crippen LogP contribution in [-0.2, 0) is 4.74 Å². The maximum Gasteiger partial charge on any atom is 0.250 e. The first-order valence-electron chi connectivity index (χ1n) is 3.76. The van der Waals surface area contributed by atoms with E-state index in [0.717, 1.165) is 0 Å². The minimum absolute atomic E-state index is 0.271. The van der Waals surface area contributed by atoms with Gasteiger partial charge in [-0.05, 0) is 6.92 Å². The van der Waals surface area contributed by atoms with Crippen molar-refractivity contribution in [3.05, 3.63) is 0 Å². The summed E-state index contributed by atoms with van der Waals surface area (Å²) in [6.45, 7) is 2.00. The van der Waals surface area contributed by atoms with Gasteiger partial charge in [0.05, 0.1) is 18.7 Å². The molecule has 0 bridgehead atoms. The third-order valence-corrected chi connectivity index (χ3v) is 1.60. The molecule has 0 spiro atoms. The van der Waals surface area contributed by atoms with E-state index in [9.17, 15) is 8.78 Å². The van der Waals surface area contributed by atoms with E-state index >= 15 is 0 Å². The largest absolute Gasteiger partial charge is 0.383 e. The molecule has 0 rings (SSSR count). The number of nitrogens with two attached hydrogens (primary N) is 1. The summed E-state index contributed by atoms with van der Waals surface area (Å²) in [7, 11) is 1.51. The van der Waals surface area contributed by atoms with Gasteiger partial charge in [-0.2, -0.15) is 0 Å². The van der Waals surface area contributed by atoms with E-state index < -0.39 is 12.0 Å². The van der Waals surface area contributed by atoms with E-state index in [1.165, 1.54) is 7.11 Å². The first-order valence-corrected chi connectivity index (χ1v) is 3.76. The molecule has 0 aliphatic carbocycles. The van der Waals surface area contributed by atoms with Gasteiger partial charge in [0, 0.05) is 13.7 Å². The highest BCUT2D eigenvalue weighted by Crippen LogP contribution is 2.02. The van der Waals surface area contributed by atoms with Gasteiger partial charge in [-0.1, -0.05) is 0 Å². The molecule has 0 aliphatic heterocycles. The summed E-state index contributed by atoms with van der Waals surface area (Å²) in [6.07, 6.45) is -2.35. The van der Waals surface area contributed by atoms with Crippen LogP contribution in [0.15, 0.2) is 0 Å². The van der Waals surface area contributed by atoms with Crippen molar-refractivity contribution in [3.63, 3.8) is 0 Å². The van der Waals surface area contributed by atoms with Gasteiger partial charge in [-0.3, -0.25) is 0 Å². The quantitative estimate of drug-likeness (QED) is 0.617. The summed E-state index contributed by atoms with van der Waals surface area (Å²) >= 11 is 0. The number of ether oxygens (including phenoxy) is 1. The van der Waals surface area contributed by atoms with Crippen molar-refractivity contribution in [1.29, 1.82) is 0 Å². The van der Waals surface area contributed by atoms with Crippen molar-refractivity contribution < 1.29 is 13.5 Å². The van der Waals surface area contributed by atoms with Crippen molar-refractivity contribution in [1.82, 2.24) is 5.32 Å². The lowest BCUT2D eigenvalue weighted by Gasteiger charge is -2.28. The zero-order chi connectivity index (χ0) is 9.61. The zero-order valence-electron chi connectivity index (χ0n) is 7.44. The average Bonchev–Trinajstić information content (AvgIpc) is 2.02. The monoisotopic (exact) mass is 182 g/mol. The summed E-state index contributed by atoms with van der Waals surface area (Å²) in [4.78, 5) is 0. The third-order valence-electron chi connectivity index (χ3n) is 1.60. The Morgan fingerprint density at radius 1 is 1.58 bits per heavy atom. The summed E-state index contributed by atoms with van der Waals surface area (Å²) < 4.78 is 28.4.